The molecule has 3 aromatic carbocycles. The number of benzene rings is 3. The van der Waals surface area contributed by atoms with Crippen LogP contribution in [0.15, 0.2) is 70.0 Å². The third kappa shape index (κ3) is 4.35. The minimum Gasteiger partial charge on any atom is -0.495 e. The second-order valence-electron chi connectivity index (χ2n) is 8.58. The largest absolute Gasteiger partial charge is 0.495 e. The second-order valence-corrected chi connectivity index (χ2v) is 10.6. The first-order valence-electron chi connectivity index (χ1n) is 11.2. The van der Waals surface area contributed by atoms with Gasteiger partial charge in [0, 0.05) is 24.2 Å². The van der Waals surface area contributed by atoms with Gasteiger partial charge in [-0.05, 0) is 67.8 Å². The molecule has 35 heavy (non-hydrogen) atoms. The lowest BCUT2D eigenvalue weighted by Gasteiger charge is -2.22. The zero-order valence-corrected chi connectivity index (χ0v) is 20.4. The van der Waals surface area contributed by atoms with Gasteiger partial charge in [0.2, 0.25) is 0 Å². The second kappa shape index (κ2) is 8.74. The fourth-order valence-corrected chi connectivity index (χ4v) is 5.14. The molecule has 180 valence electrons. The normalized spacial score (nSPS) is 13.6. The minimum atomic E-state index is -3.95. The molecule has 0 radical (unpaired) electrons. The number of fused-ring (bicyclic) bond motifs is 1. The van der Waals surface area contributed by atoms with Crippen molar-refractivity contribution in [2.24, 2.45) is 0 Å². The molecule has 1 heterocycles. The molecule has 1 fully saturated rings. The summed E-state index contributed by atoms with van der Waals surface area (Å²) in [6.07, 6.45) is 2.17. The number of carbonyl (C=O) groups excluding carboxylic acids is 1. The van der Waals surface area contributed by atoms with Crippen LogP contribution in [0, 0.1) is 6.92 Å². The molecule has 1 saturated carbocycles. The van der Waals surface area contributed by atoms with E-state index in [9.17, 15) is 13.2 Å². The molecule has 1 N–H and O–H groups in total. The van der Waals surface area contributed by atoms with E-state index < -0.39 is 15.9 Å². The van der Waals surface area contributed by atoms with Crippen molar-refractivity contribution in [2.45, 2.75) is 30.6 Å². The Labute approximate surface area is 203 Å². The predicted octanol–water partition coefficient (Wildman–Crippen LogP) is 5.10. The Morgan fingerprint density at radius 2 is 1.89 bits per heavy atom. The van der Waals surface area contributed by atoms with E-state index >= 15 is 0 Å². The number of para-hydroxylation sites is 2. The molecule has 1 aliphatic rings. The molecular weight excluding hydrogens is 466 g/mol. The van der Waals surface area contributed by atoms with Crippen LogP contribution in [0.4, 0.5) is 11.4 Å². The summed E-state index contributed by atoms with van der Waals surface area (Å²) >= 11 is 0. The van der Waals surface area contributed by atoms with Gasteiger partial charge in [0.05, 0.1) is 17.7 Å². The number of aryl methyl sites for hydroxylation is 1. The van der Waals surface area contributed by atoms with E-state index in [-0.39, 0.29) is 10.5 Å². The van der Waals surface area contributed by atoms with E-state index in [0.717, 1.165) is 23.0 Å². The number of methoxy groups -OCH3 is 1. The Morgan fingerprint density at radius 3 is 2.63 bits per heavy atom. The Hall–Kier alpha value is -3.85. The molecule has 9 heteroatoms. The number of aromatic nitrogens is 1. The molecule has 0 unspecified atom stereocenters. The number of amides is 1. The van der Waals surface area contributed by atoms with Crippen LogP contribution in [0.2, 0.25) is 0 Å². The third-order valence-corrected chi connectivity index (χ3v) is 7.89. The van der Waals surface area contributed by atoms with Gasteiger partial charge in [-0.2, -0.15) is 0 Å². The Kier molecular flexibility index (Phi) is 5.72. The molecule has 4 aromatic rings. The molecule has 1 amide bonds. The SMILES string of the molecule is COc1ccccc1N(C)S(=O)(=O)c1ccc(C)c(C(=O)Nc2ccc3oc(C4CC4)nc3c2)c1. The Morgan fingerprint density at radius 1 is 1.11 bits per heavy atom. The highest BCUT2D eigenvalue weighted by atomic mass is 32.2. The Balaban J connectivity index is 1.42. The van der Waals surface area contributed by atoms with Gasteiger partial charge in [0.15, 0.2) is 11.5 Å². The van der Waals surface area contributed by atoms with E-state index in [2.05, 4.69) is 10.3 Å². The summed E-state index contributed by atoms with van der Waals surface area (Å²) in [5.74, 6) is 1.14. The van der Waals surface area contributed by atoms with Crippen molar-refractivity contribution in [1.29, 1.82) is 0 Å². The fourth-order valence-electron chi connectivity index (χ4n) is 3.91. The summed E-state index contributed by atoms with van der Waals surface area (Å²) in [6.45, 7) is 1.76. The van der Waals surface area contributed by atoms with Crippen LogP contribution in [-0.2, 0) is 10.0 Å². The summed E-state index contributed by atoms with van der Waals surface area (Å²) in [5.41, 5.74) is 3.22. The smallest absolute Gasteiger partial charge is 0.264 e. The maximum Gasteiger partial charge on any atom is 0.264 e. The van der Waals surface area contributed by atoms with Gasteiger partial charge in [-0.25, -0.2) is 13.4 Å². The number of nitrogens with one attached hydrogen (secondary N) is 1. The molecule has 1 aliphatic carbocycles. The average Bonchev–Trinajstić information content (AvgIpc) is 3.62. The van der Waals surface area contributed by atoms with Crippen LogP contribution in [0.3, 0.4) is 0 Å². The van der Waals surface area contributed by atoms with E-state index in [1.54, 1.807) is 55.5 Å². The lowest BCUT2D eigenvalue weighted by Crippen LogP contribution is -2.27. The number of rotatable bonds is 7. The lowest BCUT2D eigenvalue weighted by molar-refractivity contribution is 0.102. The first-order chi connectivity index (χ1) is 16.8. The monoisotopic (exact) mass is 491 g/mol. The topological polar surface area (TPSA) is 102 Å². The summed E-state index contributed by atoms with van der Waals surface area (Å²) in [4.78, 5) is 17.7. The molecule has 0 atom stereocenters. The molecule has 0 bridgehead atoms. The number of sulfonamides is 1. The molecular formula is C26H25N3O5S. The molecule has 5 rings (SSSR count). The number of ether oxygens (including phenoxy) is 1. The number of oxazole rings is 1. The first kappa shape index (κ1) is 22.9. The first-order valence-corrected chi connectivity index (χ1v) is 12.7. The summed E-state index contributed by atoms with van der Waals surface area (Å²) < 4.78 is 39.0. The predicted molar refractivity (Wildman–Crippen MR) is 134 cm³/mol. The van der Waals surface area contributed by atoms with Crippen LogP contribution < -0.4 is 14.4 Å². The maximum atomic E-state index is 13.4. The molecule has 0 aliphatic heterocycles. The minimum absolute atomic E-state index is 0.00249. The van der Waals surface area contributed by atoms with Gasteiger partial charge >= 0.3 is 0 Å². The number of nitrogens with zero attached hydrogens (tertiary/aromatic N) is 2. The third-order valence-electron chi connectivity index (χ3n) is 6.13. The highest BCUT2D eigenvalue weighted by Crippen LogP contribution is 2.40. The number of carbonyl (C=O) groups is 1. The highest BCUT2D eigenvalue weighted by Gasteiger charge is 2.29. The van der Waals surface area contributed by atoms with Gasteiger partial charge in [-0.15, -0.1) is 0 Å². The quantitative estimate of drug-likeness (QED) is 0.386. The zero-order chi connectivity index (χ0) is 24.7. The highest BCUT2D eigenvalue weighted by molar-refractivity contribution is 7.92. The van der Waals surface area contributed by atoms with Gasteiger partial charge in [-0.1, -0.05) is 18.2 Å². The van der Waals surface area contributed by atoms with Crippen molar-refractivity contribution in [3.05, 3.63) is 77.7 Å². The molecule has 0 spiro atoms. The van der Waals surface area contributed by atoms with Gasteiger partial charge in [0.1, 0.15) is 11.3 Å². The van der Waals surface area contributed by atoms with E-state index in [4.69, 9.17) is 9.15 Å². The molecule has 8 nitrogen and oxygen atoms in total. The van der Waals surface area contributed by atoms with Crippen LogP contribution in [0.5, 0.6) is 5.75 Å². The Bertz CT molecular complexity index is 1540. The lowest BCUT2D eigenvalue weighted by atomic mass is 10.1. The van der Waals surface area contributed by atoms with Crippen LogP contribution in [0.25, 0.3) is 11.1 Å². The van der Waals surface area contributed by atoms with Crippen LogP contribution >= 0.6 is 0 Å². The van der Waals surface area contributed by atoms with Crippen molar-refractivity contribution < 1.29 is 22.4 Å². The van der Waals surface area contributed by atoms with Crippen molar-refractivity contribution >= 4 is 38.4 Å². The summed E-state index contributed by atoms with van der Waals surface area (Å²) in [7, 11) is -1.01. The van der Waals surface area contributed by atoms with E-state index in [1.165, 1.54) is 26.3 Å². The van der Waals surface area contributed by atoms with Crippen molar-refractivity contribution in [3.8, 4) is 5.75 Å². The molecule has 0 saturated heterocycles. The summed E-state index contributed by atoms with van der Waals surface area (Å²) in [5, 5.41) is 2.85. The van der Waals surface area contributed by atoms with Gasteiger partial charge in [0.25, 0.3) is 15.9 Å². The van der Waals surface area contributed by atoms with Crippen LogP contribution in [0.1, 0.15) is 40.6 Å². The number of hydrogen-bond donors (Lipinski definition) is 1. The maximum absolute atomic E-state index is 13.4. The van der Waals surface area contributed by atoms with Crippen LogP contribution in [-0.4, -0.2) is 33.5 Å². The van der Waals surface area contributed by atoms with E-state index in [1.807, 2.05) is 0 Å². The van der Waals surface area contributed by atoms with Gasteiger partial charge < -0.3 is 14.5 Å². The van der Waals surface area contributed by atoms with E-state index in [0.29, 0.717) is 39.7 Å². The zero-order valence-electron chi connectivity index (χ0n) is 19.6. The van der Waals surface area contributed by atoms with Crippen molar-refractivity contribution in [1.82, 2.24) is 4.98 Å². The molecule has 1 aromatic heterocycles. The van der Waals surface area contributed by atoms with Crippen molar-refractivity contribution in [3.63, 3.8) is 0 Å². The average molecular weight is 492 g/mol. The summed E-state index contributed by atoms with van der Waals surface area (Å²) in [6, 6.07) is 16.6. The van der Waals surface area contributed by atoms with Crippen molar-refractivity contribution in [2.75, 3.05) is 23.8 Å². The number of hydrogen-bond acceptors (Lipinski definition) is 6. The number of anilines is 2. The van der Waals surface area contributed by atoms with Gasteiger partial charge in [-0.3, -0.25) is 9.10 Å². The standard InChI is InChI=1S/C26H25N3O5S/c1-16-8-12-19(35(31,32)29(2)22-6-4-5-7-24(22)33-3)15-20(16)25(30)27-18-11-13-23-21(14-18)28-26(34-23)17-9-10-17/h4-8,11-15,17H,9-10H2,1-3H3,(H,27,30). The fraction of sp³-hybridized carbons (Fsp3) is 0.231.